The highest BCUT2D eigenvalue weighted by Crippen LogP contribution is 2.28. The van der Waals surface area contributed by atoms with Crippen LogP contribution in [0.3, 0.4) is 0 Å². The van der Waals surface area contributed by atoms with Crippen molar-refractivity contribution in [3.05, 3.63) is 35.7 Å². The smallest absolute Gasteiger partial charge is 0.224 e. The summed E-state index contributed by atoms with van der Waals surface area (Å²) in [6.07, 6.45) is 3.97. The van der Waals surface area contributed by atoms with Gasteiger partial charge < -0.3 is 20.5 Å². The Bertz CT molecular complexity index is 886. The molecule has 124 valence electrons. The minimum absolute atomic E-state index is 0.239. The molecule has 3 N–H and O–H groups in total. The van der Waals surface area contributed by atoms with Crippen LogP contribution in [0.1, 0.15) is 17.5 Å². The number of hydrogen-bond donors (Lipinski definition) is 2. The Morgan fingerprint density at radius 2 is 2.21 bits per heavy atom. The Morgan fingerprint density at radius 1 is 1.33 bits per heavy atom. The summed E-state index contributed by atoms with van der Waals surface area (Å²) in [6, 6.07) is 6.71. The van der Waals surface area contributed by atoms with Crippen molar-refractivity contribution in [2.45, 2.75) is 19.4 Å². The van der Waals surface area contributed by atoms with E-state index in [1.54, 1.807) is 6.33 Å². The highest BCUT2D eigenvalue weighted by atomic mass is 15.2. The molecular formula is C17H21N7. The van der Waals surface area contributed by atoms with Crippen LogP contribution < -0.4 is 15.5 Å². The van der Waals surface area contributed by atoms with Crippen LogP contribution in [-0.4, -0.2) is 40.6 Å². The summed E-state index contributed by atoms with van der Waals surface area (Å²) in [5.74, 6) is 1.01. The number of rotatable bonds is 3. The summed E-state index contributed by atoms with van der Waals surface area (Å²) in [5, 5.41) is 0. The van der Waals surface area contributed by atoms with Crippen LogP contribution in [0.25, 0.3) is 11.2 Å². The molecule has 2 aromatic heterocycles. The van der Waals surface area contributed by atoms with Gasteiger partial charge in [0.2, 0.25) is 5.95 Å². The number of fused-ring (bicyclic) bond motifs is 2. The molecule has 0 radical (unpaired) electrons. The van der Waals surface area contributed by atoms with Crippen LogP contribution in [0.4, 0.5) is 17.5 Å². The van der Waals surface area contributed by atoms with Gasteiger partial charge in [-0.05, 0) is 30.0 Å². The number of H-pyrrole nitrogens is 1. The summed E-state index contributed by atoms with van der Waals surface area (Å²) in [7, 11) is 4.16. The summed E-state index contributed by atoms with van der Waals surface area (Å²) in [5.41, 5.74) is 11.2. The quantitative estimate of drug-likeness (QED) is 0.766. The van der Waals surface area contributed by atoms with Gasteiger partial charge in [0, 0.05) is 32.9 Å². The average molecular weight is 323 g/mol. The van der Waals surface area contributed by atoms with Crippen LogP contribution in [-0.2, 0) is 13.0 Å². The van der Waals surface area contributed by atoms with E-state index in [1.807, 2.05) is 7.05 Å². The van der Waals surface area contributed by atoms with Crippen LogP contribution in [0.15, 0.2) is 24.5 Å². The number of aromatic amines is 1. The van der Waals surface area contributed by atoms with Gasteiger partial charge in [-0.25, -0.2) is 4.98 Å². The molecule has 0 saturated heterocycles. The zero-order chi connectivity index (χ0) is 16.7. The topological polar surface area (TPSA) is 87.0 Å². The zero-order valence-corrected chi connectivity index (χ0v) is 14.0. The molecular weight excluding hydrogens is 302 g/mol. The average Bonchev–Trinajstić information content (AvgIpc) is 3.02. The van der Waals surface area contributed by atoms with Crippen LogP contribution in [0.2, 0.25) is 0 Å². The largest absolute Gasteiger partial charge is 0.374 e. The lowest BCUT2D eigenvalue weighted by Gasteiger charge is -2.28. The van der Waals surface area contributed by atoms with E-state index in [2.05, 4.69) is 55.0 Å². The first kappa shape index (κ1) is 14.7. The Hall–Kier alpha value is -2.83. The van der Waals surface area contributed by atoms with Gasteiger partial charge >= 0.3 is 0 Å². The number of anilines is 3. The van der Waals surface area contributed by atoms with Crippen LogP contribution in [0.5, 0.6) is 0 Å². The standard InChI is InChI=1S/C17H21N7/c1-23-7-3-4-12-8-11(5-6-13(12)23)9-24(2)16-14-15(20-10-19-14)21-17(18)22-16/h5-6,8,10H,3-4,7,9H2,1-2H3,(H3,18,19,20,21,22). The van der Waals surface area contributed by atoms with Gasteiger partial charge in [0.1, 0.15) is 5.52 Å². The minimum Gasteiger partial charge on any atom is -0.374 e. The third-order valence-corrected chi connectivity index (χ3v) is 4.56. The summed E-state index contributed by atoms with van der Waals surface area (Å²) in [4.78, 5) is 20.2. The number of imidazole rings is 1. The summed E-state index contributed by atoms with van der Waals surface area (Å²) < 4.78 is 0. The molecule has 0 spiro atoms. The van der Waals surface area contributed by atoms with Crippen molar-refractivity contribution < 1.29 is 0 Å². The van der Waals surface area contributed by atoms with E-state index < -0.39 is 0 Å². The third-order valence-electron chi connectivity index (χ3n) is 4.56. The first-order valence-electron chi connectivity index (χ1n) is 8.12. The second kappa shape index (κ2) is 5.67. The number of hydrogen-bond acceptors (Lipinski definition) is 6. The van der Waals surface area contributed by atoms with Crippen molar-refractivity contribution >= 4 is 28.6 Å². The Balaban J connectivity index is 1.64. The molecule has 0 unspecified atom stereocenters. The fourth-order valence-electron chi connectivity index (χ4n) is 3.40. The number of benzene rings is 1. The predicted octanol–water partition coefficient (Wildman–Crippen LogP) is 1.95. The first-order chi connectivity index (χ1) is 11.6. The summed E-state index contributed by atoms with van der Waals surface area (Å²) >= 11 is 0. The molecule has 4 rings (SSSR count). The maximum absolute atomic E-state index is 5.81. The normalized spacial score (nSPS) is 14.0. The van der Waals surface area contributed by atoms with E-state index in [-0.39, 0.29) is 5.95 Å². The molecule has 24 heavy (non-hydrogen) atoms. The lowest BCUT2D eigenvalue weighted by molar-refractivity contribution is 0.742. The van der Waals surface area contributed by atoms with Gasteiger partial charge in [-0.1, -0.05) is 12.1 Å². The van der Waals surface area contributed by atoms with Gasteiger partial charge in [0.25, 0.3) is 0 Å². The number of nitrogens with one attached hydrogen (secondary N) is 1. The Kier molecular flexibility index (Phi) is 3.48. The second-order valence-corrected chi connectivity index (χ2v) is 6.35. The molecule has 7 nitrogen and oxygen atoms in total. The Labute approximate surface area is 140 Å². The van der Waals surface area contributed by atoms with Crippen LogP contribution >= 0.6 is 0 Å². The summed E-state index contributed by atoms with van der Waals surface area (Å²) in [6.45, 7) is 1.88. The van der Waals surface area contributed by atoms with Gasteiger partial charge in [0.15, 0.2) is 11.5 Å². The number of aryl methyl sites for hydroxylation is 1. The molecule has 3 heterocycles. The van der Waals surface area contributed by atoms with Crippen molar-refractivity contribution in [3.8, 4) is 0 Å². The monoisotopic (exact) mass is 323 g/mol. The molecule has 0 saturated carbocycles. The number of nitrogens with zero attached hydrogens (tertiary/aromatic N) is 5. The van der Waals surface area contributed by atoms with Crippen molar-refractivity contribution in [1.29, 1.82) is 0 Å². The van der Waals surface area contributed by atoms with E-state index in [4.69, 9.17) is 5.73 Å². The molecule has 7 heteroatoms. The molecule has 0 fully saturated rings. The molecule has 0 atom stereocenters. The maximum atomic E-state index is 5.81. The van der Waals surface area contributed by atoms with E-state index >= 15 is 0 Å². The highest BCUT2D eigenvalue weighted by molar-refractivity contribution is 5.84. The SMILES string of the molecule is CN1CCCc2cc(CN(C)c3nc(N)nc4nc[nH]c34)ccc21. The third kappa shape index (κ3) is 2.51. The highest BCUT2D eigenvalue weighted by Gasteiger charge is 2.16. The van der Waals surface area contributed by atoms with Crippen LogP contribution in [0, 0.1) is 0 Å². The predicted molar refractivity (Wildman–Crippen MR) is 96.2 cm³/mol. The maximum Gasteiger partial charge on any atom is 0.224 e. The van der Waals surface area contributed by atoms with Crippen molar-refractivity contribution in [3.63, 3.8) is 0 Å². The fourth-order valence-corrected chi connectivity index (χ4v) is 3.40. The zero-order valence-electron chi connectivity index (χ0n) is 14.0. The minimum atomic E-state index is 0.239. The fraction of sp³-hybridized carbons (Fsp3) is 0.353. The lowest BCUT2D eigenvalue weighted by Crippen LogP contribution is -2.25. The van der Waals surface area contributed by atoms with E-state index in [1.165, 1.54) is 23.2 Å². The molecule has 1 aromatic carbocycles. The molecule has 1 aliphatic rings. The second-order valence-electron chi connectivity index (χ2n) is 6.35. The molecule has 0 bridgehead atoms. The van der Waals surface area contributed by atoms with Gasteiger partial charge in [-0.15, -0.1) is 0 Å². The lowest BCUT2D eigenvalue weighted by atomic mass is 9.99. The van der Waals surface area contributed by atoms with Gasteiger partial charge in [-0.2, -0.15) is 9.97 Å². The Morgan fingerprint density at radius 3 is 3.08 bits per heavy atom. The van der Waals surface area contributed by atoms with Crippen molar-refractivity contribution in [1.82, 2.24) is 19.9 Å². The number of nitrogen functional groups attached to an aromatic ring is 1. The van der Waals surface area contributed by atoms with E-state index in [0.717, 1.165) is 30.8 Å². The van der Waals surface area contributed by atoms with Crippen molar-refractivity contribution in [2.24, 2.45) is 0 Å². The van der Waals surface area contributed by atoms with Crippen molar-refractivity contribution in [2.75, 3.05) is 36.2 Å². The van der Waals surface area contributed by atoms with Gasteiger partial charge in [0.05, 0.1) is 6.33 Å². The number of aromatic nitrogens is 4. The number of nitrogens with two attached hydrogens (primary N) is 1. The van der Waals surface area contributed by atoms with E-state index in [0.29, 0.717) is 5.65 Å². The first-order valence-corrected chi connectivity index (χ1v) is 8.12. The molecule has 0 amide bonds. The van der Waals surface area contributed by atoms with Gasteiger partial charge in [-0.3, -0.25) is 0 Å². The van der Waals surface area contributed by atoms with E-state index in [9.17, 15) is 0 Å². The molecule has 1 aliphatic heterocycles. The molecule has 3 aromatic rings. The molecule has 0 aliphatic carbocycles.